The topological polar surface area (TPSA) is 65.2 Å². The molecule has 1 aromatic rings. The van der Waals surface area contributed by atoms with Gasteiger partial charge >= 0.3 is 6.09 Å². The van der Waals surface area contributed by atoms with Gasteiger partial charge in [0, 0.05) is 17.6 Å². The first-order chi connectivity index (χ1) is 4.68. The Labute approximate surface area is 61.8 Å². The molecule has 1 rings (SSSR count). The third-order valence-corrected chi connectivity index (χ3v) is 1.57. The quantitative estimate of drug-likeness (QED) is 0.660. The Hall–Kier alpha value is -1.10. The molecule has 1 aromatic heterocycles. The molecule has 0 aliphatic heterocycles. The summed E-state index contributed by atoms with van der Waals surface area (Å²) in [5.41, 5.74) is 5.57. The van der Waals surface area contributed by atoms with Gasteiger partial charge in [-0.3, -0.25) is 0 Å². The smallest absolute Gasteiger partial charge is 0.398 e. The first kappa shape index (κ1) is 7.01. The molecule has 0 bridgehead atoms. The van der Waals surface area contributed by atoms with Gasteiger partial charge in [-0.25, -0.2) is 4.79 Å². The van der Waals surface area contributed by atoms with E-state index in [1.807, 2.05) is 6.92 Å². The van der Waals surface area contributed by atoms with Crippen LogP contribution in [0.1, 0.15) is 5.69 Å². The van der Waals surface area contributed by atoms with Crippen LogP contribution in [0.3, 0.4) is 0 Å². The number of aryl methyl sites for hydroxylation is 1. The lowest BCUT2D eigenvalue weighted by Gasteiger charge is -1.90. The number of ether oxygens (including phenoxy) is 1. The van der Waals surface area contributed by atoms with Gasteiger partial charge in [0.15, 0.2) is 0 Å². The summed E-state index contributed by atoms with van der Waals surface area (Å²) in [6.07, 6.45) is -0.802. The summed E-state index contributed by atoms with van der Waals surface area (Å²) in [5, 5.41) is 0.435. The monoisotopic (exact) mass is 158 g/mol. The van der Waals surface area contributed by atoms with Crippen molar-refractivity contribution in [2.75, 3.05) is 0 Å². The van der Waals surface area contributed by atoms with Crippen LogP contribution < -0.4 is 10.5 Å². The molecule has 10 heavy (non-hydrogen) atoms. The lowest BCUT2D eigenvalue weighted by Crippen LogP contribution is -2.15. The van der Waals surface area contributed by atoms with Gasteiger partial charge in [-0.15, -0.1) is 0 Å². The minimum atomic E-state index is -0.802. The van der Waals surface area contributed by atoms with Crippen molar-refractivity contribution in [3.05, 3.63) is 11.8 Å². The molecule has 0 aliphatic rings. The summed E-state index contributed by atoms with van der Waals surface area (Å²) in [6.45, 7) is 1.81. The standard InChI is InChI=1S/C5H6N2O2S/c1-3-2-4(10-7-3)9-5(6)8/h2H,1H3,(H2,6,8). The number of hydrogen-bond acceptors (Lipinski definition) is 4. The van der Waals surface area contributed by atoms with Crippen LogP contribution >= 0.6 is 11.5 Å². The maximum Gasteiger partial charge on any atom is 0.410 e. The van der Waals surface area contributed by atoms with Gasteiger partial charge in [0.05, 0.1) is 5.69 Å². The van der Waals surface area contributed by atoms with Crippen molar-refractivity contribution in [1.82, 2.24) is 4.37 Å². The number of carbonyl (C=O) groups is 1. The predicted molar refractivity (Wildman–Crippen MR) is 37.1 cm³/mol. The molecule has 0 atom stereocenters. The Kier molecular flexibility index (Phi) is 1.86. The number of amides is 1. The molecule has 54 valence electrons. The van der Waals surface area contributed by atoms with E-state index in [9.17, 15) is 4.79 Å². The molecule has 0 spiro atoms. The number of nitrogens with zero attached hydrogens (tertiary/aromatic N) is 1. The van der Waals surface area contributed by atoms with Gasteiger partial charge in [0.2, 0.25) is 5.06 Å². The van der Waals surface area contributed by atoms with E-state index in [-0.39, 0.29) is 0 Å². The lowest BCUT2D eigenvalue weighted by molar-refractivity contribution is 0.212. The minimum absolute atomic E-state index is 0.435. The van der Waals surface area contributed by atoms with Crippen molar-refractivity contribution < 1.29 is 9.53 Å². The van der Waals surface area contributed by atoms with Gasteiger partial charge in [0.1, 0.15) is 0 Å². The molecule has 0 saturated carbocycles. The molecule has 0 aromatic carbocycles. The highest BCUT2D eigenvalue weighted by molar-refractivity contribution is 7.07. The molecule has 1 amide bonds. The number of primary amides is 1. The van der Waals surface area contributed by atoms with E-state index in [2.05, 4.69) is 9.11 Å². The van der Waals surface area contributed by atoms with E-state index >= 15 is 0 Å². The summed E-state index contributed by atoms with van der Waals surface area (Å²) in [6, 6.07) is 1.65. The highest BCUT2D eigenvalue weighted by Gasteiger charge is 2.00. The second-order valence-corrected chi connectivity index (χ2v) is 2.48. The Morgan fingerprint density at radius 3 is 3.00 bits per heavy atom. The second-order valence-electron chi connectivity index (χ2n) is 1.71. The largest absolute Gasteiger partial charge is 0.410 e. The van der Waals surface area contributed by atoms with Gasteiger partial charge in [-0.05, 0) is 6.92 Å². The van der Waals surface area contributed by atoms with Gasteiger partial charge in [-0.2, -0.15) is 4.37 Å². The Bertz CT molecular complexity index is 246. The van der Waals surface area contributed by atoms with Gasteiger partial charge < -0.3 is 10.5 Å². The maximum atomic E-state index is 10.2. The number of carbonyl (C=O) groups excluding carboxylic acids is 1. The first-order valence-corrected chi connectivity index (χ1v) is 3.36. The van der Waals surface area contributed by atoms with Crippen LogP contribution in [0.4, 0.5) is 4.79 Å². The fourth-order valence-electron chi connectivity index (χ4n) is 0.487. The summed E-state index contributed by atoms with van der Waals surface area (Å²) >= 11 is 1.10. The summed E-state index contributed by atoms with van der Waals surface area (Å²) in [4.78, 5) is 10.2. The van der Waals surface area contributed by atoms with E-state index in [4.69, 9.17) is 5.73 Å². The van der Waals surface area contributed by atoms with Crippen LogP contribution in [0.25, 0.3) is 0 Å². The Morgan fingerprint density at radius 1 is 1.90 bits per heavy atom. The van der Waals surface area contributed by atoms with E-state index in [0.717, 1.165) is 17.2 Å². The summed E-state index contributed by atoms with van der Waals surface area (Å²) in [5.74, 6) is 0. The Balaban J connectivity index is 2.67. The summed E-state index contributed by atoms with van der Waals surface area (Å²) < 4.78 is 8.41. The zero-order chi connectivity index (χ0) is 7.56. The van der Waals surface area contributed by atoms with Crippen LogP contribution in [0.5, 0.6) is 5.06 Å². The summed E-state index contributed by atoms with van der Waals surface area (Å²) in [7, 11) is 0. The van der Waals surface area contributed by atoms with E-state index < -0.39 is 6.09 Å². The zero-order valence-corrected chi connectivity index (χ0v) is 6.14. The SMILES string of the molecule is Cc1cc(OC(N)=O)sn1. The minimum Gasteiger partial charge on any atom is -0.398 e. The van der Waals surface area contributed by atoms with Crippen LogP contribution in [0.15, 0.2) is 6.07 Å². The molecule has 0 saturated heterocycles. The maximum absolute atomic E-state index is 10.2. The van der Waals surface area contributed by atoms with Crippen molar-refractivity contribution in [3.8, 4) is 5.06 Å². The van der Waals surface area contributed by atoms with Crippen molar-refractivity contribution in [3.63, 3.8) is 0 Å². The fraction of sp³-hybridized carbons (Fsp3) is 0.200. The highest BCUT2D eigenvalue weighted by atomic mass is 32.1. The van der Waals surface area contributed by atoms with Crippen molar-refractivity contribution in [2.45, 2.75) is 6.92 Å². The van der Waals surface area contributed by atoms with Gasteiger partial charge in [-0.1, -0.05) is 0 Å². The molecule has 5 heteroatoms. The van der Waals surface area contributed by atoms with Crippen molar-refractivity contribution >= 4 is 17.6 Å². The van der Waals surface area contributed by atoms with E-state index in [1.54, 1.807) is 6.07 Å². The van der Waals surface area contributed by atoms with Gasteiger partial charge in [0.25, 0.3) is 0 Å². The molecular weight excluding hydrogens is 152 g/mol. The number of hydrogen-bond donors (Lipinski definition) is 1. The number of nitrogens with two attached hydrogens (primary N) is 1. The molecule has 1 heterocycles. The second kappa shape index (κ2) is 2.66. The van der Waals surface area contributed by atoms with Crippen molar-refractivity contribution in [2.24, 2.45) is 5.73 Å². The average Bonchev–Trinajstić information content (AvgIpc) is 2.13. The molecular formula is C5H6N2O2S. The third-order valence-electron chi connectivity index (χ3n) is 0.808. The van der Waals surface area contributed by atoms with Crippen LogP contribution in [-0.2, 0) is 0 Å². The van der Waals surface area contributed by atoms with Crippen LogP contribution in [0, 0.1) is 6.92 Å². The average molecular weight is 158 g/mol. The number of rotatable bonds is 1. The van der Waals surface area contributed by atoms with Crippen molar-refractivity contribution in [1.29, 1.82) is 0 Å². The fourth-order valence-corrected chi connectivity index (χ4v) is 1.12. The predicted octanol–water partition coefficient (Wildman–Crippen LogP) is 0.909. The first-order valence-electron chi connectivity index (χ1n) is 2.59. The molecule has 2 N–H and O–H groups in total. The Morgan fingerprint density at radius 2 is 2.60 bits per heavy atom. The highest BCUT2D eigenvalue weighted by Crippen LogP contribution is 2.17. The molecule has 0 unspecified atom stereocenters. The normalized spacial score (nSPS) is 9.30. The zero-order valence-electron chi connectivity index (χ0n) is 5.33. The number of aromatic nitrogens is 1. The third kappa shape index (κ3) is 1.70. The van der Waals surface area contributed by atoms with Crippen LogP contribution in [0.2, 0.25) is 0 Å². The van der Waals surface area contributed by atoms with Crippen LogP contribution in [-0.4, -0.2) is 10.5 Å². The lowest BCUT2D eigenvalue weighted by atomic mass is 10.5. The molecule has 0 fully saturated rings. The molecule has 0 aliphatic carbocycles. The molecule has 4 nitrogen and oxygen atoms in total. The molecule has 0 radical (unpaired) electrons. The van der Waals surface area contributed by atoms with E-state index in [1.165, 1.54) is 0 Å². The van der Waals surface area contributed by atoms with E-state index in [0.29, 0.717) is 5.06 Å².